The summed E-state index contributed by atoms with van der Waals surface area (Å²) in [5.41, 5.74) is -0.721. The number of nitrogens with zero attached hydrogens (tertiary/aromatic N) is 5. The molecule has 6 rings (SSSR count). The van der Waals surface area contributed by atoms with Gasteiger partial charge < -0.3 is 10.6 Å². The van der Waals surface area contributed by atoms with Crippen LogP contribution in [0.4, 0.5) is 22.0 Å². The van der Waals surface area contributed by atoms with Gasteiger partial charge >= 0.3 is 6.18 Å². The number of hydrogen-bond acceptors (Lipinski definition) is 7. The van der Waals surface area contributed by atoms with Crippen molar-refractivity contribution >= 4 is 17.5 Å². The van der Waals surface area contributed by atoms with Crippen LogP contribution in [0, 0.1) is 17.3 Å². The summed E-state index contributed by atoms with van der Waals surface area (Å²) in [7, 11) is 0. The van der Waals surface area contributed by atoms with Crippen molar-refractivity contribution in [2.24, 2.45) is 17.3 Å². The van der Waals surface area contributed by atoms with Crippen LogP contribution < -0.4 is 10.6 Å². The zero-order valence-electron chi connectivity index (χ0n) is 23.6. The van der Waals surface area contributed by atoms with Gasteiger partial charge in [-0.25, -0.2) is 22.9 Å². The van der Waals surface area contributed by atoms with Crippen molar-refractivity contribution in [3.05, 3.63) is 41.1 Å². The molecule has 43 heavy (non-hydrogen) atoms. The second-order valence-electron chi connectivity index (χ2n) is 12.9. The Labute approximate surface area is 243 Å². The first-order chi connectivity index (χ1) is 20.2. The Kier molecular flexibility index (Phi) is 7.19. The molecule has 0 bridgehead atoms. The average molecular weight is 610 g/mol. The van der Waals surface area contributed by atoms with Gasteiger partial charge in [-0.3, -0.25) is 9.59 Å². The Morgan fingerprint density at radius 1 is 1.12 bits per heavy atom. The van der Waals surface area contributed by atoms with Gasteiger partial charge in [-0.1, -0.05) is 19.0 Å². The highest BCUT2D eigenvalue weighted by molar-refractivity contribution is 5.93. The van der Waals surface area contributed by atoms with Crippen molar-refractivity contribution in [1.29, 1.82) is 0 Å². The lowest BCUT2D eigenvalue weighted by molar-refractivity contribution is -0.215. The van der Waals surface area contributed by atoms with Crippen LogP contribution in [-0.4, -0.2) is 48.8 Å². The van der Waals surface area contributed by atoms with Crippen LogP contribution in [0.15, 0.2) is 23.1 Å². The number of amides is 2. The van der Waals surface area contributed by atoms with E-state index in [1.807, 2.05) is 0 Å². The molecule has 10 nitrogen and oxygen atoms in total. The molecule has 3 saturated carbocycles. The summed E-state index contributed by atoms with van der Waals surface area (Å²) in [5.74, 6) is -3.89. The predicted octanol–water partition coefficient (Wildman–Crippen LogP) is 5.44. The van der Waals surface area contributed by atoms with Gasteiger partial charge in [-0.05, 0) is 60.7 Å². The fourth-order valence-corrected chi connectivity index (χ4v) is 5.63. The normalized spacial score (nSPS) is 20.4. The number of hydrogen-bond donors (Lipinski definition) is 2. The number of fused-ring (bicyclic) bond motifs is 1. The summed E-state index contributed by atoms with van der Waals surface area (Å²) in [6.45, 7) is 2.11. The third-order valence-electron chi connectivity index (χ3n) is 8.61. The number of alkyl halides is 5. The van der Waals surface area contributed by atoms with Crippen LogP contribution in [0.2, 0.25) is 0 Å². The molecule has 0 aliphatic heterocycles. The third-order valence-corrected chi connectivity index (χ3v) is 8.61. The number of carbonyl (C=O) groups excluding carboxylic acids is 2. The van der Waals surface area contributed by atoms with Gasteiger partial charge in [0.15, 0.2) is 11.3 Å². The zero-order valence-corrected chi connectivity index (χ0v) is 23.6. The van der Waals surface area contributed by atoms with Gasteiger partial charge in [0.1, 0.15) is 5.69 Å². The maximum atomic E-state index is 13.9. The molecular weight excluding hydrogens is 577 g/mol. The Balaban J connectivity index is 1.24. The second-order valence-corrected chi connectivity index (χ2v) is 12.9. The predicted molar refractivity (Wildman–Crippen MR) is 140 cm³/mol. The molecule has 0 radical (unpaired) electrons. The molecular formula is C28H32F5N7O3. The SMILES string of the molecule is CC(C)(C[C@H](NC(=O)c1nonc1C1CC1)c1cn2ncc(C(NC(=O)CC3CC(F)(F)C3)C3CC3)cc2n1)C(F)(F)F. The van der Waals surface area contributed by atoms with Crippen molar-refractivity contribution in [2.45, 2.75) is 95.3 Å². The highest BCUT2D eigenvalue weighted by Gasteiger charge is 2.49. The van der Waals surface area contributed by atoms with Crippen LogP contribution >= 0.6 is 0 Å². The van der Waals surface area contributed by atoms with Gasteiger partial charge in [0.2, 0.25) is 11.8 Å². The summed E-state index contributed by atoms with van der Waals surface area (Å²) in [5, 5.41) is 17.5. The maximum absolute atomic E-state index is 13.9. The first kappa shape index (κ1) is 29.4. The second kappa shape index (κ2) is 10.5. The molecule has 2 N–H and O–H groups in total. The molecule has 232 valence electrons. The number of imidazole rings is 1. The summed E-state index contributed by atoms with van der Waals surface area (Å²) >= 11 is 0. The first-order valence-electron chi connectivity index (χ1n) is 14.4. The highest BCUT2D eigenvalue weighted by atomic mass is 19.4. The van der Waals surface area contributed by atoms with Crippen molar-refractivity contribution < 1.29 is 36.2 Å². The molecule has 0 saturated heterocycles. The summed E-state index contributed by atoms with van der Waals surface area (Å²) in [6, 6.07) is 0.140. The van der Waals surface area contributed by atoms with Gasteiger partial charge in [0.05, 0.1) is 35.6 Å². The first-order valence-corrected chi connectivity index (χ1v) is 14.4. The van der Waals surface area contributed by atoms with Crippen molar-refractivity contribution in [2.75, 3.05) is 0 Å². The summed E-state index contributed by atoms with van der Waals surface area (Å²) in [6.07, 6.45) is 0.752. The van der Waals surface area contributed by atoms with Crippen LogP contribution in [0.1, 0.15) is 111 Å². The van der Waals surface area contributed by atoms with E-state index in [9.17, 15) is 31.5 Å². The van der Waals surface area contributed by atoms with E-state index in [1.165, 1.54) is 10.7 Å². The number of rotatable bonds is 11. The lowest BCUT2D eigenvalue weighted by Crippen LogP contribution is -2.39. The highest BCUT2D eigenvalue weighted by Crippen LogP contribution is 2.46. The Hall–Kier alpha value is -3.65. The molecule has 15 heteroatoms. The number of aromatic nitrogens is 5. The molecule has 3 aliphatic rings. The van der Waals surface area contributed by atoms with Crippen molar-refractivity contribution in [1.82, 2.24) is 35.5 Å². The standard InChI is InChI=1S/C28H32F5N7O3/c1-26(2,28(31,32)33)11-18(36-25(42)24-23(16-5-6-16)38-43-39-24)19-13-40-20(35-19)8-17(12-34-40)22(15-3-4-15)37-21(41)7-14-9-27(29,30)10-14/h8,12-16,18,22H,3-7,9-11H2,1-2H3,(H,36,42)(H,37,41)/t18-,22?/m0/s1. The summed E-state index contributed by atoms with van der Waals surface area (Å²) in [4.78, 5) is 30.4. The third kappa shape index (κ3) is 6.35. The summed E-state index contributed by atoms with van der Waals surface area (Å²) < 4.78 is 74.3. The molecule has 2 amide bonds. The topological polar surface area (TPSA) is 127 Å². The van der Waals surface area contributed by atoms with Crippen LogP contribution in [0.25, 0.3) is 5.65 Å². The molecule has 3 heterocycles. The van der Waals surface area contributed by atoms with Crippen LogP contribution in [0.5, 0.6) is 0 Å². The van der Waals surface area contributed by atoms with Gasteiger partial charge in [0.25, 0.3) is 5.91 Å². The lowest BCUT2D eigenvalue weighted by atomic mass is 9.79. The van der Waals surface area contributed by atoms with E-state index in [2.05, 4.69) is 31.0 Å². The monoisotopic (exact) mass is 609 g/mol. The Bertz CT molecular complexity index is 1520. The van der Waals surface area contributed by atoms with E-state index >= 15 is 0 Å². The van der Waals surface area contributed by atoms with E-state index in [4.69, 9.17) is 4.63 Å². The molecule has 0 aromatic carbocycles. The molecule has 2 atom stereocenters. The molecule has 3 aromatic rings. The largest absolute Gasteiger partial charge is 0.394 e. The molecule has 3 aromatic heterocycles. The smallest absolute Gasteiger partial charge is 0.349 e. The average Bonchev–Trinajstić information content (AvgIpc) is 3.83. The number of nitrogens with one attached hydrogen (secondary N) is 2. The quantitative estimate of drug-likeness (QED) is 0.277. The van der Waals surface area contributed by atoms with Crippen molar-refractivity contribution in [3.8, 4) is 0 Å². The van der Waals surface area contributed by atoms with Crippen LogP contribution in [-0.2, 0) is 4.79 Å². The van der Waals surface area contributed by atoms with Gasteiger partial charge in [-0.2, -0.15) is 18.3 Å². The minimum absolute atomic E-state index is 0.0158. The van der Waals surface area contributed by atoms with E-state index in [0.717, 1.165) is 39.5 Å². The fraction of sp³-hybridized carbons (Fsp3) is 0.643. The fourth-order valence-electron chi connectivity index (χ4n) is 5.63. The van der Waals surface area contributed by atoms with Crippen LogP contribution in [0.3, 0.4) is 0 Å². The van der Waals surface area contributed by atoms with E-state index in [0.29, 0.717) is 16.9 Å². The minimum atomic E-state index is -4.56. The lowest BCUT2D eigenvalue weighted by Gasteiger charge is -2.34. The van der Waals surface area contributed by atoms with Crippen molar-refractivity contribution in [3.63, 3.8) is 0 Å². The van der Waals surface area contributed by atoms with E-state index in [1.54, 1.807) is 12.3 Å². The Morgan fingerprint density at radius 3 is 2.47 bits per heavy atom. The number of halogens is 5. The zero-order chi connectivity index (χ0) is 30.7. The molecule has 0 spiro atoms. The molecule has 1 unspecified atom stereocenters. The van der Waals surface area contributed by atoms with E-state index < -0.39 is 41.9 Å². The Morgan fingerprint density at radius 2 is 1.84 bits per heavy atom. The maximum Gasteiger partial charge on any atom is 0.394 e. The van der Waals surface area contributed by atoms with Gasteiger partial charge in [-0.15, -0.1) is 0 Å². The molecule has 3 aliphatic carbocycles. The van der Waals surface area contributed by atoms with Gasteiger partial charge in [0, 0.05) is 25.2 Å². The molecule has 3 fully saturated rings. The minimum Gasteiger partial charge on any atom is -0.349 e. The van der Waals surface area contributed by atoms with E-state index in [-0.39, 0.29) is 54.3 Å². The number of carbonyl (C=O) groups is 2.